The molecule has 0 bridgehead atoms. The molecule has 0 atom stereocenters. The third-order valence-corrected chi connectivity index (χ3v) is 4.06. The first kappa shape index (κ1) is 15.0. The first-order valence-electron chi connectivity index (χ1n) is 7.07. The van der Waals surface area contributed by atoms with Crippen molar-refractivity contribution in [2.45, 2.75) is 44.6 Å². The van der Waals surface area contributed by atoms with Crippen LogP contribution in [-0.2, 0) is 0 Å². The summed E-state index contributed by atoms with van der Waals surface area (Å²) in [5, 5.41) is 4.86. The van der Waals surface area contributed by atoms with Crippen molar-refractivity contribution in [3.63, 3.8) is 0 Å². The number of hydrogen-bond acceptors (Lipinski definition) is 2. The second kappa shape index (κ2) is 7.98. The van der Waals surface area contributed by atoms with Gasteiger partial charge in [-0.05, 0) is 37.9 Å². The van der Waals surface area contributed by atoms with Crippen LogP contribution in [0.25, 0.3) is 0 Å². The van der Waals surface area contributed by atoms with Gasteiger partial charge in [-0.3, -0.25) is 0 Å². The zero-order valence-corrected chi connectivity index (χ0v) is 12.6. The number of rotatable bonds is 6. The molecular formula is C15H21Cl2NO. The van der Waals surface area contributed by atoms with Gasteiger partial charge in [0.15, 0.2) is 0 Å². The van der Waals surface area contributed by atoms with Crippen LogP contribution in [0.5, 0.6) is 5.75 Å². The Morgan fingerprint density at radius 3 is 2.74 bits per heavy atom. The Labute approximate surface area is 125 Å². The Bertz CT molecular complexity index is 392. The maximum absolute atomic E-state index is 6.03. The SMILES string of the molecule is Clc1ccc(Cl)c(OCCCNC2CCCCC2)c1. The number of ether oxygens (including phenoxy) is 1. The highest BCUT2D eigenvalue weighted by Crippen LogP contribution is 2.27. The normalized spacial score (nSPS) is 16.5. The van der Waals surface area contributed by atoms with E-state index in [2.05, 4.69) is 5.32 Å². The van der Waals surface area contributed by atoms with Gasteiger partial charge in [0.05, 0.1) is 11.6 Å². The van der Waals surface area contributed by atoms with Gasteiger partial charge >= 0.3 is 0 Å². The van der Waals surface area contributed by atoms with Crippen molar-refractivity contribution in [1.29, 1.82) is 0 Å². The van der Waals surface area contributed by atoms with Crippen molar-refractivity contribution in [1.82, 2.24) is 5.32 Å². The number of hydrogen-bond donors (Lipinski definition) is 1. The van der Waals surface area contributed by atoms with Crippen LogP contribution in [0, 0.1) is 0 Å². The summed E-state index contributed by atoms with van der Waals surface area (Å²) < 4.78 is 5.65. The van der Waals surface area contributed by atoms with Gasteiger partial charge in [0.25, 0.3) is 0 Å². The molecule has 0 spiro atoms. The zero-order chi connectivity index (χ0) is 13.5. The van der Waals surface area contributed by atoms with Crippen LogP contribution in [-0.4, -0.2) is 19.2 Å². The predicted octanol–water partition coefficient (Wildman–Crippen LogP) is 4.68. The standard InChI is InChI=1S/C15H21Cl2NO/c16-12-7-8-14(17)15(11-12)19-10-4-9-18-13-5-2-1-3-6-13/h7-8,11,13,18H,1-6,9-10H2. The quantitative estimate of drug-likeness (QED) is 0.770. The Morgan fingerprint density at radius 2 is 1.95 bits per heavy atom. The lowest BCUT2D eigenvalue weighted by Crippen LogP contribution is -2.32. The number of nitrogens with one attached hydrogen (secondary N) is 1. The Hall–Kier alpha value is -0.440. The van der Waals surface area contributed by atoms with E-state index in [1.807, 2.05) is 0 Å². The fourth-order valence-electron chi connectivity index (χ4n) is 2.46. The summed E-state index contributed by atoms with van der Waals surface area (Å²) >= 11 is 11.9. The Kier molecular flexibility index (Phi) is 6.29. The van der Waals surface area contributed by atoms with Crippen LogP contribution in [0.3, 0.4) is 0 Å². The molecule has 1 N–H and O–H groups in total. The lowest BCUT2D eigenvalue weighted by Gasteiger charge is -2.22. The lowest BCUT2D eigenvalue weighted by atomic mass is 9.95. The van der Waals surface area contributed by atoms with Gasteiger partial charge in [0.1, 0.15) is 5.75 Å². The molecule has 0 saturated heterocycles. The molecule has 19 heavy (non-hydrogen) atoms. The molecule has 0 heterocycles. The van der Waals surface area contributed by atoms with Gasteiger partial charge in [0, 0.05) is 17.1 Å². The smallest absolute Gasteiger partial charge is 0.139 e. The molecule has 1 aliphatic carbocycles. The average molecular weight is 302 g/mol. The van der Waals surface area contributed by atoms with E-state index in [9.17, 15) is 0 Å². The first-order valence-corrected chi connectivity index (χ1v) is 7.82. The fourth-order valence-corrected chi connectivity index (χ4v) is 2.79. The average Bonchev–Trinajstić information content (AvgIpc) is 2.43. The molecule has 0 aromatic heterocycles. The van der Waals surface area contributed by atoms with Crippen LogP contribution >= 0.6 is 23.2 Å². The minimum absolute atomic E-state index is 0.615. The van der Waals surface area contributed by atoms with E-state index >= 15 is 0 Å². The van der Waals surface area contributed by atoms with E-state index in [-0.39, 0.29) is 0 Å². The van der Waals surface area contributed by atoms with Gasteiger partial charge in [-0.2, -0.15) is 0 Å². The number of benzene rings is 1. The molecule has 1 saturated carbocycles. The molecule has 2 rings (SSSR count). The van der Waals surface area contributed by atoms with Gasteiger partial charge in [-0.1, -0.05) is 42.5 Å². The van der Waals surface area contributed by atoms with Crippen LogP contribution < -0.4 is 10.1 Å². The fraction of sp³-hybridized carbons (Fsp3) is 0.600. The van der Waals surface area contributed by atoms with Gasteiger partial charge < -0.3 is 10.1 Å². The predicted molar refractivity (Wildman–Crippen MR) is 81.4 cm³/mol. The topological polar surface area (TPSA) is 21.3 Å². The molecule has 1 aliphatic rings. The third-order valence-electron chi connectivity index (χ3n) is 3.51. The molecule has 0 radical (unpaired) electrons. The van der Waals surface area contributed by atoms with Crippen molar-refractivity contribution in [2.75, 3.05) is 13.2 Å². The van der Waals surface area contributed by atoms with Gasteiger partial charge in [-0.15, -0.1) is 0 Å². The highest BCUT2D eigenvalue weighted by atomic mass is 35.5. The second-order valence-corrected chi connectivity index (χ2v) is 5.91. The molecule has 0 aliphatic heterocycles. The molecule has 4 heteroatoms. The summed E-state index contributed by atoms with van der Waals surface area (Å²) in [6.45, 7) is 1.67. The van der Waals surface area contributed by atoms with E-state index in [4.69, 9.17) is 27.9 Å². The molecule has 106 valence electrons. The monoisotopic (exact) mass is 301 g/mol. The number of halogens is 2. The zero-order valence-electron chi connectivity index (χ0n) is 11.1. The minimum Gasteiger partial charge on any atom is -0.492 e. The van der Waals surface area contributed by atoms with Crippen molar-refractivity contribution >= 4 is 23.2 Å². The molecule has 1 fully saturated rings. The summed E-state index contributed by atoms with van der Waals surface area (Å²) in [6, 6.07) is 6.00. The molecule has 2 nitrogen and oxygen atoms in total. The van der Waals surface area contributed by atoms with Crippen molar-refractivity contribution in [3.8, 4) is 5.75 Å². The van der Waals surface area contributed by atoms with Gasteiger partial charge in [0.2, 0.25) is 0 Å². The molecule has 0 unspecified atom stereocenters. The molecule has 1 aromatic rings. The minimum atomic E-state index is 0.615. The Morgan fingerprint density at radius 1 is 1.16 bits per heavy atom. The maximum atomic E-state index is 6.03. The third kappa shape index (κ3) is 5.21. The summed E-state index contributed by atoms with van der Waals surface area (Å²) in [7, 11) is 0. The van der Waals surface area contributed by atoms with E-state index in [0.717, 1.165) is 13.0 Å². The van der Waals surface area contributed by atoms with Crippen molar-refractivity contribution in [3.05, 3.63) is 28.2 Å². The summed E-state index contributed by atoms with van der Waals surface area (Å²) in [5.74, 6) is 0.673. The van der Waals surface area contributed by atoms with Crippen LogP contribution in [0.1, 0.15) is 38.5 Å². The lowest BCUT2D eigenvalue weighted by molar-refractivity contribution is 0.297. The highest BCUT2D eigenvalue weighted by molar-refractivity contribution is 6.34. The van der Waals surface area contributed by atoms with E-state index < -0.39 is 0 Å². The molecule has 0 amide bonds. The summed E-state index contributed by atoms with van der Waals surface area (Å²) in [5.41, 5.74) is 0. The Balaban J connectivity index is 1.62. The van der Waals surface area contributed by atoms with Crippen molar-refractivity contribution < 1.29 is 4.74 Å². The maximum Gasteiger partial charge on any atom is 0.139 e. The van der Waals surface area contributed by atoms with E-state index in [1.165, 1.54) is 32.1 Å². The second-order valence-electron chi connectivity index (χ2n) is 5.07. The van der Waals surface area contributed by atoms with Crippen molar-refractivity contribution in [2.24, 2.45) is 0 Å². The van der Waals surface area contributed by atoms with Gasteiger partial charge in [-0.25, -0.2) is 0 Å². The molecule has 1 aromatic carbocycles. The van der Waals surface area contributed by atoms with E-state index in [0.29, 0.717) is 28.4 Å². The highest BCUT2D eigenvalue weighted by Gasteiger charge is 2.11. The van der Waals surface area contributed by atoms with Crippen LogP contribution in [0.4, 0.5) is 0 Å². The van der Waals surface area contributed by atoms with Crippen LogP contribution in [0.2, 0.25) is 10.0 Å². The summed E-state index contributed by atoms with van der Waals surface area (Å²) in [6.07, 6.45) is 7.76. The molecular weight excluding hydrogens is 281 g/mol. The van der Waals surface area contributed by atoms with E-state index in [1.54, 1.807) is 18.2 Å². The first-order chi connectivity index (χ1) is 9.25. The van der Waals surface area contributed by atoms with Crippen LogP contribution in [0.15, 0.2) is 18.2 Å². The largest absolute Gasteiger partial charge is 0.492 e. The summed E-state index contributed by atoms with van der Waals surface area (Å²) in [4.78, 5) is 0.